The lowest BCUT2D eigenvalue weighted by Crippen LogP contribution is -2.37. The van der Waals surface area contributed by atoms with E-state index >= 15 is 4.39 Å². The lowest BCUT2D eigenvalue weighted by molar-refractivity contribution is -0.152. The number of hydrogen-bond acceptors (Lipinski definition) is 8. The van der Waals surface area contributed by atoms with E-state index in [0.717, 1.165) is 17.7 Å². The maximum Gasteiger partial charge on any atom is 0.351 e. The molecule has 0 unspecified atom stereocenters. The molecule has 4 atom stereocenters. The van der Waals surface area contributed by atoms with Crippen molar-refractivity contribution in [2.24, 2.45) is 0 Å². The lowest BCUT2D eigenvalue weighted by Gasteiger charge is -2.18. The summed E-state index contributed by atoms with van der Waals surface area (Å²) in [6, 6.07) is 8.13. The Labute approximate surface area is 169 Å². The van der Waals surface area contributed by atoms with Gasteiger partial charge in [0.25, 0.3) is 0 Å². The molecule has 1 saturated heterocycles. The number of alkyl halides is 1. The molecule has 2 heterocycles. The van der Waals surface area contributed by atoms with Crippen molar-refractivity contribution in [1.29, 1.82) is 0 Å². The van der Waals surface area contributed by atoms with Gasteiger partial charge in [-0.3, -0.25) is 9.36 Å². The largest absolute Gasteiger partial charge is 0.459 e. The average molecular weight is 426 g/mol. The van der Waals surface area contributed by atoms with Gasteiger partial charge in [-0.1, -0.05) is 29.8 Å². The van der Waals surface area contributed by atoms with Crippen LogP contribution in [-0.2, 0) is 19.0 Å². The number of hydrogen-bond donors (Lipinski definition) is 1. The summed E-state index contributed by atoms with van der Waals surface area (Å²) in [6.07, 6.45) is -4.94. The van der Waals surface area contributed by atoms with Gasteiger partial charge in [-0.25, -0.2) is 14.0 Å². The molecule has 2 N–H and O–H groups in total. The maximum absolute atomic E-state index is 15.0. The maximum atomic E-state index is 15.0. The van der Waals surface area contributed by atoms with Crippen molar-refractivity contribution < 1.29 is 28.2 Å². The van der Waals surface area contributed by atoms with E-state index in [-0.39, 0.29) is 16.4 Å². The predicted octanol–water partition coefficient (Wildman–Crippen LogP) is 1.50. The van der Waals surface area contributed by atoms with Crippen LogP contribution in [0.2, 0.25) is 5.02 Å². The van der Waals surface area contributed by atoms with Crippen molar-refractivity contribution in [2.45, 2.75) is 31.5 Å². The third-order valence-corrected chi connectivity index (χ3v) is 4.46. The third kappa shape index (κ3) is 4.54. The van der Waals surface area contributed by atoms with Crippen LogP contribution in [0.25, 0.3) is 0 Å². The number of carbonyl (C=O) groups is 2. The normalized spacial score (nSPS) is 23.6. The summed E-state index contributed by atoms with van der Waals surface area (Å²) in [6.45, 7) is 0.689. The first-order valence-electron chi connectivity index (χ1n) is 8.51. The minimum absolute atomic E-state index is 0.0802. The van der Waals surface area contributed by atoms with Gasteiger partial charge in [0, 0.05) is 13.1 Å². The number of nitrogens with two attached hydrogens (primary N) is 1. The number of halogens is 2. The Bertz CT molecular complexity index is 970. The Hall–Kier alpha value is -2.98. The van der Waals surface area contributed by atoms with Crippen LogP contribution in [0.3, 0.4) is 0 Å². The quantitative estimate of drug-likeness (QED) is 0.715. The number of carbonyl (C=O) groups excluding carboxylic acids is 2. The lowest BCUT2D eigenvalue weighted by atomic mass is 10.1. The summed E-state index contributed by atoms with van der Waals surface area (Å²) in [7, 11) is 0. The molecule has 29 heavy (non-hydrogen) atoms. The number of nitrogen functional groups attached to an aromatic ring is 1. The second kappa shape index (κ2) is 8.58. The number of ether oxygens (including phenoxy) is 3. The number of esters is 2. The molecule has 11 heteroatoms. The standard InChI is InChI=1S/C18H17ClFN3O6/c1-9(24)28-14-12(8-27-17(25)10-5-3-2-4-6-10)29-16(13(14)20)23-7-11(19)15(21)22-18(23)26/h2-7,12-14,16H,8H2,1H3,(H2,21,22,26)/t12-,13+,14-,16-/m1/s1. The van der Waals surface area contributed by atoms with Crippen LogP contribution in [0, 0.1) is 0 Å². The predicted molar refractivity (Wildman–Crippen MR) is 99.0 cm³/mol. The molecule has 1 aliphatic heterocycles. The Morgan fingerprint density at radius 2 is 2.03 bits per heavy atom. The molecule has 154 valence electrons. The van der Waals surface area contributed by atoms with Crippen LogP contribution in [-0.4, -0.2) is 46.5 Å². The summed E-state index contributed by atoms with van der Waals surface area (Å²) in [5.41, 5.74) is 4.85. The van der Waals surface area contributed by atoms with Gasteiger partial charge in [0.2, 0.25) is 0 Å². The zero-order valence-corrected chi connectivity index (χ0v) is 15.9. The number of anilines is 1. The monoisotopic (exact) mass is 425 g/mol. The SMILES string of the molecule is CC(=O)O[C@H]1[C@H](F)[C@H](n2cc(Cl)c(N)nc2=O)O[C@@H]1COC(=O)c1ccccc1. The van der Waals surface area contributed by atoms with Crippen molar-refractivity contribution in [3.05, 3.63) is 57.6 Å². The van der Waals surface area contributed by atoms with Crippen LogP contribution in [0.15, 0.2) is 41.3 Å². The van der Waals surface area contributed by atoms with Gasteiger partial charge in [-0.05, 0) is 12.1 Å². The molecule has 1 aromatic heterocycles. The van der Waals surface area contributed by atoms with Crippen LogP contribution in [0.1, 0.15) is 23.5 Å². The Balaban J connectivity index is 1.80. The van der Waals surface area contributed by atoms with E-state index in [1.54, 1.807) is 30.3 Å². The van der Waals surface area contributed by atoms with Gasteiger partial charge in [0.05, 0.1) is 10.6 Å². The van der Waals surface area contributed by atoms with Crippen molar-refractivity contribution >= 4 is 29.4 Å². The highest BCUT2D eigenvalue weighted by molar-refractivity contribution is 6.32. The second-order valence-electron chi connectivity index (χ2n) is 6.21. The van der Waals surface area contributed by atoms with Gasteiger partial charge in [0.1, 0.15) is 18.5 Å². The van der Waals surface area contributed by atoms with Crippen molar-refractivity contribution in [3.8, 4) is 0 Å². The Kier molecular flexibility index (Phi) is 6.14. The molecule has 0 radical (unpaired) electrons. The van der Waals surface area contributed by atoms with Gasteiger partial charge >= 0.3 is 17.6 Å². The summed E-state index contributed by atoms with van der Waals surface area (Å²) >= 11 is 5.86. The van der Waals surface area contributed by atoms with E-state index in [2.05, 4.69) is 4.98 Å². The fourth-order valence-electron chi connectivity index (χ4n) is 2.84. The van der Waals surface area contributed by atoms with Crippen LogP contribution >= 0.6 is 11.6 Å². The number of nitrogens with zero attached hydrogens (tertiary/aromatic N) is 2. The fraction of sp³-hybridized carbons (Fsp3) is 0.333. The topological polar surface area (TPSA) is 123 Å². The molecule has 1 aliphatic rings. The number of rotatable bonds is 5. The molecule has 1 fully saturated rings. The Morgan fingerprint density at radius 3 is 2.69 bits per heavy atom. The molecule has 0 aliphatic carbocycles. The first-order valence-corrected chi connectivity index (χ1v) is 8.89. The summed E-state index contributed by atoms with van der Waals surface area (Å²) in [5, 5.41) is -0.0802. The highest BCUT2D eigenvalue weighted by atomic mass is 35.5. The Morgan fingerprint density at radius 1 is 1.34 bits per heavy atom. The second-order valence-corrected chi connectivity index (χ2v) is 6.62. The molecule has 3 rings (SSSR count). The molecule has 9 nitrogen and oxygen atoms in total. The van der Waals surface area contributed by atoms with Crippen LogP contribution < -0.4 is 11.4 Å². The number of benzene rings is 1. The first-order chi connectivity index (χ1) is 13.8. The third-order valence-electron chi connectivity index (χ3n) is 4.17. The van der Waals surface area contributed by atoms with Crippen molar-refractivity contribution in [2.75, 3.05) is 12.3 Å². The molecule has 0 saturated carbocycles. The minimum atomic E-state index is -1.95. The van der Waals surface area contributed by atoms with Crippen molar-refractivity contribution in [3.63, 3.8) is 0 Å². The van der Waals surface area contributed by atoms with E-state index < -0.39 is 48.8 Å². The number of aromatic nitrogens is 2. The first kappa shape index (κ1) is 20.7. The molecular formula is C18H17ClFN3O6. The van der Waals surface area contributed by atoms with E-state index in [1.807, 2.05) is 0 Å². The molecule has 1 aromatic carbocycles. The molecule has 2 aromatic rings. The molecular weight excluding hydrogens is 409 g/mol. The fourth-order valence-corrected chi connectivity index (χ4v) is 2.99. The van der Waals surface area contributed by atoms with Gasteiger partial charge in [-0.15, -0.1) is 0 Å². The van der Waals surface area contributed by atoms with E-state index in [1.165, 1.54) is 0 Å². The van der Waals surface area contributed by atoms with Crippen LogP contribution in [0.4, 0.5) is 10.2 Å². The average Bonchev–Trinajstić information content (AvgIpc) is 2.98. The smallest absolute Gasteiger partial charge is 0.351 e. The van der Waals surface area contributed by atoms with Gasteiger partial charge < -0.3 is 19.9 Å². The zero-order valence-electron chi connectivity index (χ0n) is 15.2. The van der Waals surface area contributed by atoms with Gasteiger partial charge in [0.15, 0.2) is 18.5 Å². The zero-order chi connectivity index (χ0) is 21.1. The van der Waals surface area contributed by atoms with E-state index in [0.29, 0.717) is 0 Å². The summed E-state index contributed by atoms with van der Waals surface area (Å²) in [4.78, 5) is 39.1. The van der Waals surface area contributed by atoms with Crippen molar-refractivity contribution in [1.82, 2.24) is 9.55 Å². The van der Waals surface area contributed by atoms with Crippen LogP contribution in [0.5, 0.6) is 0 Å². The van der Waals surface area contributed by atoms with E-state index in [4.69, 9.17) is 31.5 Å². The van der Waals surface area contributed by atoms with E-state index in [9.17, 15) is 14.4 Å². The highest BCUT2D eigenvalue weighted by Gasteiger charge is 2.49. The summed E-state index contributed by atoms with van der Waals surface area (Å²) in [5.74, 6) is -1.64. The minimum Gasteiger partial charge on any atom is -0.459 e. The molecule has 0 bridgehead atoms. The molecule has 0 amide bonds. The highest BCUT2D eigenvalue weighted by Crippen LogP contribution is 2.34. The molecule has 0 spiro atoms. The summed E-state index contributed by atoms with van der Waals surface area (Å²) < 4.78 is 31.5. The van der Waals surface area contributed by atoms with Gasteiger partial charge in [-0.2, -0.15) is 4.98 Å².